The summed E-state index contributed by atoms with van der Waals surface area (Å²) in [5.41, 5.74) is 20.6. The zero-order valence-corrected chi connectivity index (χ0v) is 21.0. The number of nitrogens with two attached hydrogens (primary N) is 2. The smallest absolute Gasteiger partial charge is 0.150 e. The van der Waals surface area contributed by atoms with Gasteiger partial charge in [-0.2, -0.15) is 0 Å². The van der Waals surface area contributed by atoms with Crippen molar-refractivity contribution in [2.75, 3.05) is 23.3 Å². The van der Waals surface area contributed by atoms with E-state index in [-0.39, 0.29) is 0 Å². The number of anilines is 3. The summed E-state index contributed by atoms with van der Waals surface area (Å²) in [5, 5.41) is 3.31. The predicted octanol–water partition coefficient (Wildman–Crippen LogP) is 5.57. The van der Waals surface area contributed by atoms with Crippen LogP contribution < -0.4 is 16.8 Å². The van der Waals surface area contributed by atoms with Crippen LogP contribution >= 0.6 is 0 Å². The van der Waals surface area contributed by atoms with Gasteiger partial charge in [-0.05, 0) is 62.8 Å². The van der Waals surface area contributed by atoms with Crippen LogP contribution in [-0.2, 0) is 6.42 Å². The van der Waals surface area contributed by atoms with Crippen LogP contribution in [0.15, 0.2) is 65.4 Å². The Morgan fingerprint density at radius 2 is 2.14 bits per heavy atom. The SMILES string of the molecule is CC(=NCC1=CCC(c2nc(-c3cc4c([nH]3)CCC=C4)c3c(N)nccn23)CC1)Nc1ccccc1N. The van der Waals surface area contributed by atoms with Gasteiger partial charge in [0.2, 0.25) is 0 Å². The number of allylic oxidation sites excluding steroid dienone is 2. The van der Waals surface area contributed by atoms with Crippen molar-refractivity contribution >= 4 is 34.6 Å². The molecule has 1 aromatic carbocycles. The maximum absolute atomic E-state index is 6.37. The fourth-order valence-electron chi connectivity index (χ4n) is 5.33. The Balaban J connectivity index is 1.22. The van der Waals surface area contributed by atoms with E-state index in [0.29, 0.717) is 18.3 Å². The Kier molecular flexibility index (Phi) is 6.00. The molecule has 3 heterocycles. The highest BCUT2D eigenvalue weighted by atomic mass is 15.1. The Morgan fingerprint density at radius 3 is 2.95 bits per heavy atom. The van der Waals surface area contributed by atoms with E-state index >= 15 is 0 Å². The molecule has 0 saturated carbocycles. The first-order chi connectivity index (χ1) is 18.1. The first-order valence-electron chi connectivity index (χ1n) is 12.9. The van der Waals surface area contributed by atoms with Gasteiger partial charge in [-0.1, -0.05) is 35.9 Å². The van der Waals surface area contributed by atoms with Gasteiger partial charge in [0, 0.05) is 24.0 Å². The van der Waals surface area contributed by atoms with Crippen molar-refractivity contribution in [3.8, 4) is 11.4 Å². The van der Waals surface area contributed by atoms with Gasteiger partial charge in [-0.25, -0.2) is 9.97 Å². The average Bonchev–Trinajstić information content (AvgIpc) is 3.52. The molecule has 8 heteroatoms. The van der Waals surface area contributed by atoms with Crippen molar-refractivity contribution in [3.05, 3.63) is 77.5 Å². The number of fused-ring (bicyclic) bond motifs is 2. The molecule has 0 amide bonds. The molecule has 1 unspecified atom stereocenters. The Bertz CT molecular complexity index is 1550. The van der Waals surface area contributed by atoms with Crippen LogP contribution in [0.5, 0.6) is 0 Å². The van der Waals surface area contributed by atoms with Crippen LogP contribution in [0.1, 0.15) is 55.6 Å². The van der Waals surface area contributed by atoms with Crippen molar-refractivity contribution in [2.45, 2.75) is 44.9 Å². The van der Waals surface area contributed by atoms with Gasteiger partial charge in [0.15, 0.2) is 0 Å². The molecule has 6 N–H and O–H groups in total. The van der Waals surface area contributed by atoms with E-state index in [1.807, 2.05) is 37.4 Å². The van der Waals surface area contributed by atoms with Crippen molar-refractivity contribution < 1.29 is 0 Å². The highest BCUT2D eigenvalue weighted by Crippen LogP contribution is 2.37. The fraction of sp³-hybridized carbons (Fsp3) is 0.276. The zero-order chi connectivity index (χ0) is 25.4. The van der Waals surface area contributed by atoms with E-state index in [1.54, 1.807) is 6.20 Å². The van der Waals surface area contributed by atoms with E-state index in [1.165, 1.54) is 16.8 Å². The summed E-state index contributed by atoms with van der Waals surface area (Å²) in [6.07, 6.45) is 15.5. The molecule has 37 heavy (non-hydrogen) atoms. The third-order valence-electron chi connectivity index (χ3n) is 7.32. The third-order valence-corrected chi connectivity index (χ3v) is 7.32. The number of aryl methyl sites for hydroxylation is 1. The summed E-state index contributed by atoms with van der Waals surface area (Å²) in [6.45, 7) is 2.66. The lowest BCUT2D eigenvalue weighted by Gasteiger charge is -2.20. The lowest BCUT2D eigenvalue weighted by molar-refractivity contribution is 0.562. The van der Waals surface area contributed by atoms with E-state index < -0.39 is 0 Å². The second-order valence-electron chi connectivity index (χ2n) is 9.86. The highest BCUT2D eigenvalue weighted by Gasteiger charge is 2.25. The molecule has 6 rings (SSSR count). The molecule has 0 fully saturated rings. The number of nitrogens with zero attached hydrogens (tertiary/aromatic N) is 4. The molecule has 0 radical (unpaired) electrons. The Morgan fingerprint density at radius 1 is 1.24 bits per heavy atom. The van der Waals surface area contributed by atoms with E-state index in [0.717, 1.165) is 72.0 Å². The molecule has 0 spiro atoms. The minimum absolute atomic E-state index is 0.309. The summed E-state index contributed by atoms with van der Waals surface area (Å²) in [6, 6.07) is 9.92. The maximum Gasteiger partial charge on any atom is 0.150 e. The summed E-state index contributed by atoms with van der Waals surface area (Å²) < 4.78 is 2.13. The summed E-state index contributed by atoms with van der Waals surface area (Å²) >= 11 is 0. The minimum Gasteiger partial charge on any atom is -0.397 e. The number of hydrogen-bond donors (Lipinski definition) is 4. The molecule has 0 bridgehead atoms. The third kappa shape index (κ3) is 4.50. The summed E-state index contributed by atoms with van der Waals surface area (Å²) in [4.78, 5) is 17.9. The molecule has 188 valence electrons. The number of nitrogen functional groups attached to an aromatic ring is 2. The van der Waals surface area contributed by atoms with E-state index in [9.17, 15) is 0 Å². The zero-order valence-electron chi connectivity index (χ0n) is 21.0. The molecule has 0 aliphatic heterocycles. The number of nitrogens with one attached hydrogen (secondary N) is 2. The number of hydrogen-bond acceptors (Lipinski definition) is 5. The van der Waals surface area contributed by atoms with Gasteiger partial charge in [0.05, 0.1) is 29.4 Å². The molecule has 3 aromatic heterocycles. The number of aliphatic imine (C=N–C) groups is 1. The molecule has 8 nitrogen and oxygen atoms in total. The van der Waals surface area contributed by atoms with Gasteiger partial charge >= 0.3 is 0 Å². The van der Waals surface area contributed by atoms with Crippen LogP contribution in [0.2, 0.25) is 0 Å². The number of imidazole rings is 1. The normalized spacial score (nSPS) is 17.6. The van der Waals surface area contributed by atoms with Gasteiger partial charge < -0.3 is 21.8 Å². The summed E-state index contributed by atoms with van der Waals surface area (Å²) in [5.74, 6) is 2.71. The topological polar surface area (TPSA) is 122 Å². The minimum atomic E-state index is 0.309. The van der Waals surface area contributed by atoms with Crippen molar-refractivity contribution in [1.82, 2.24) is 19.4 Å². The lowest BCUT2D eigenvalue weighted by atomic mass is 9.89. The van der Waals surface area contributed by atoms with Crippen molar-refractivity contribution in [3.63, 3.8) is 0 Å². The number of H-pyrrole nitrogens is 1. The first kappa shape index (κ1) is 23.1. The Labute approximate surface area is 216 Å². The van der Waals surface area contributed by atoms with E-state index in [2.05, 4.69) is 44.0 Å². The number of aromatic nitrogens is 4. The quantitative estimate of drug-likeness (QED) is 0.125. The molecular formula is C29H32N8. The second-order valence-corrected chi connectivity index (χ2v) is 9.86. The standard InChI is InChI=1S/C29H32N8/c1-18(34-24-9-5-3-7-22(24)30)33-17-19-10-12-20(13-11-19)29-36-26(27-28(31)32-14-15-37(27)29)25-16-21-6-2-4-8-23(21)35-25/h2-3,5-7,9-10,14-16,20,35H,4,8,11-13,17,30H2,1H3,(H2,31,32)(H,33,34). The molecule has 1 atom stereocenters. The monoisotopic (exact) mass is 492 g/mol. The summed E-state index contributed by atoms with van der Waals surface area (Å²) in [7, 11) is 0. The fourth-order valence-corrected chi connectivity index (χ4v) is 5.33. The second kappa shape index (κ2) is 9.61. The molecule has 0 saturated heterocycles. The van der Waals surface area contributed by atoms with Gasteiger partial charge in [-0.15, -0.1) is 0 Å². The average molecular weight is 493 g/mol. The largest absolute Gasteiger partial charge is 0.397 e. The van der Waals surface area contributed by atoms with Crippen LogP contribution in [-0.4, -0.2) is 31.7 Å². The van der Waals surface area contributed by atoms with Crippen LogP contribution in [0.25, 0.3) is 23.0 Å². The van der Waals surface area contributed by atoms with E-state index in [4.69, 9.17) is 21.4 Å². The number of rotatable bonds is 5. The predicted molar refractivity (Wildman–Crippen MR) is 152 cm³/mol. The van der Waals surface area contributed by atoms with Crippen LogP contribution in [0.3, 0.4) is 0 Å². The molecular weight excluding hydrogens is 460 g/mol. The maximum atomic E-state index is 6.37. The molecule has 4 aromatic rings. The van der Waals surface area contributed by atoms with Gasteiger partial charge in [-0.3, -0.25) is 9.39 Å². The Hall–Kier alpha value is -4.33. The molecule has 2 aliphatic rings. The highest BCUT2D eigenvalue weighted by molar-refractivity contribution is 5.96. The van der Waals surface area contributed by atoms with Crippen LogP contribution in [0, 0.1) is 0 Å². The first-order valence-corrected chi connectivity index (χ1v) is 12.9. The van der Waals surface area contributed by atoms with Gasteiger partial charge in [0.25, 0.3) is 0 Å². The number of aromatic amines is 1. The van der Waals surface area contributed by atoms with Crippen molar-refractivity contribution in [2.24, 2.45) is 4.99 Å². The van der Waals surface area contributed by atoms with Crippen LogP contribution in [0.4, 0.5) is 17.2 Å². The van der Waals surface area contributed by atoms with Crippen molar-refractivity contribution in [1.29, 1.82) is 0 Å². The van der Waals surface area contributed by atoms with Gasteiger partial charge in [0.1, 0.15) is 22.9 Å². The number of benzene rings is 1. The lowest BCUT2D eigenvalue weighted by Crippen LogP contribution is -2.12. The molecule has 2 aliphatic carbocycles. The number of amidine groups is 1. The number of para-hydroxylation sites is 2.